The van der Waals surface area contributed by atoms with Crippen molar-refractivity contribution >= 4 is 93.8 Å². The van der Waals surface area contributed by atoms with Crippen molar-refractivity contribution < 1.29 is 121 Å². The molecule has 806 valence electrons. The van der Waals surface area contributed by atoms with E-state index in [2.05, 4.69) is 60.1 Å². The molecular weight excluding hydrogens is 1860 g/mol. The van der Waals surface area contributed by atoms with E-state index in [1.165, 1.54) is 13.8 Å². The van der Waals surface area contributed by atoms with Gasteiger partial charge in [-0.1, -0.05) is 139 Å². The van der Waals surface area contributed by atoms with E-state index < -0.39 is 199 Å². The highest BCUT2D eigenvalue weighted by Crippen LogP contribution is 2.29. The fraction of sp³-hybridized carbons (Fsp3) is 0.673. The van der Waals surface area contributed by atoms with E-state index in [9.17, 15) is 102 Å². The lowest BCUT2D eigenvalue weighted by atomic mass is 9.88. The Kier molecular flexibility index (Phi) is 60.1. The Balaban J connectivity index is 1.12. The molecule has 2 heterocycles. The molecular formula is C104H165N15O25. The highest BCUT2D eigenvalue weighted by atomic mass is 16.7. The molecule has 3 aromatic carbocycles. The molecule has 5 rings (SSSR count). The summed E-state index contributed by atoms with van der Waals surface area (Å²) < 4.78 is 22.0. The van der Waals surface area contributed by atoms with Gasteiger partial charge < -0.3 is 126 Å². The molecule has 0 aromatic heterocycles. The van der Waals surface area contributed by atoms with Crippen molar-refractivity contribution in [1.29, 1.82) is 0 Å². The van der Waals surface area contributed by atoms with Gasteiger partial charge in [0.1, 0.15) is 41.9 Å². The molecule has 2 aliphatic heterocycles. The van der Waals surface area contributed by atoms with Crippen LogP contribution in [0.1, 0.15) is 257 Å². The smallest absolute Gasteiger partial charge is 0.258 e. The van der Waals surface area contributed by atoms with E-state index in [0.717, 1.165) is 56.1 Å². The van der Waals surface area contributed by atoms with Gasteiger partial charge in [0.2, 0.25) is 53.2 Å². The standard InChI is InChI=1S/C104H165N15O25/c1-7-8-9-10-11-18-27-73(59-76(122)30-19-15-22-49-110-91(128)32-21-13-12-20-31-86(123)72-29-23-28-71(58-72)70-34-36-77(37-35-70)143-64-93(130)112-52-55-141-54-51-111-92(129)33-24-53-142-104-96(133)95(132)94(131)68(6)144-104)97(134)115-82(40-46-107)90(127)63-79(67(5)121)101(138)116-81(39-45-106)87(124)60-74-43-50-113-100(137)78(66(4)120)62-89(126)83(41-47-108)117-102(139)84(42-48-109)118-103(140)85(56-65(2)3)119-99(136)75(57-69-25-16-14-17-26-69)61-88(125)80(38-44-105)114-98(74)135/h14,16-17,23,25-26,28-29,34-37,58,65-68,73-75,78-85,94-96,104,120-121,131-133H,7-13,15,18-22,24,27,30-33,38-57,59-64,105-109H2,1-6H3,(H,110,128)(H,111,129)(H,112,130)(H,113,137)(H,114,135)(H,115,134)(H,116,138)(H,117,139)(H,118,140)(H,119,136)/t66-,67-,68+,73-,74-,75+,78+,79+,80+,81+,82+,83+,84+,85+,94+,95?,96+,104?/m1/s1. The second-order valence-corrected chi connectivity index (χ2v) is 38.3. The molecule has 10 amide bonds. The van der Waals surface area contributed by atoms with Crippen LogP contribution in [-0.4, -0.2) is 284 Å². The van der Waals surface area contributed by atoms with Crippen molar-refractivity contribution in [3.8, 4) is 16.9 Å². The number of unbranched alkanes of at least 4 members (excludes halogenated alkanes) is 10. The van der Waals surface area contributed by atoms with E-state index in [4.69, 9.17) is 47.6 Å². The first kappa shape index (κ1) is 124. The maximum absolute atomic E-state index is 14.9. The van der Waals surface area contributed by atoms with Crippen LogP contribution in [-0.2, 0) is 92.5 Å². The first-order valence-electron chi connectivity index (χ1n) is 51.6. The Bertz CT molecular complexity index is 4460. The minimum absolute atomic E-state index is 0.00797. The number of nitrogens with one attached hydrogen (secondary N) is 10. The number of nitrogens with two attached hydrogens (primary N) is 5. The highest BCUT2D eigenvalue weighted by molar-refractivity contribution is 6.00. The van der Waals surface area contributed by atoms with Crippen LogP contribution < -0.4 is 86.6 Å². The zero-order chi connectivity index (χ0) is 106. The summed E-state index contributed by atoms with van der Waals surface area (Å²) in [4.78, 5) is 224. The largest absolute Gasteiger partial charge is 0.484 e. The number of ketones is 6. The van der Waals surface area contributed by atoms with E-state index in [1.54, 1.807) is 69.3 Å². The molecule has 3 aromatic rings. The van der Waals surface area contributed by atoms with Crippen LogP contribution in [0.5, 0.6) is 5.75 Å². The Morgan fingerprint density at radius 2 is 1.06 bits per heavy atom. The zero-order valence-electron chi connectivity index (χ0n) is 85.1. The summed E-state index contributed by atoms with van der Waals surface area (Å²) in [5, 5.41) is 79.4. The molecule has 40 heteroatoms. The number of amides is 10. The quantitative estimate of drug-likeness (QED) is 0.0285. The van der Waals surface area contributed by atoms with Crippen molar-refractivity contribution in [3.63, 3.8) is 0 Å². The number of carbonyl (C=O) groups is 16. The van der Waals surface area contributed by atoms with E-state index in [1.807, 2.05) is 30.3 Å². The molecule has 2 fully saturated rings. The summed E-state index contributed by atoms with van der Waals surface area (Å²) in [5.74, 6) is -15.5. The lowest BCUT2D eigenvalue weighted by molar-refractivity contribution is -0.293. The first-order chi connectivity index (χ1) is 68.9. The first-order valence-corrected chi connectivity index (χ1v) is 51.6. The second kappa shape index (κ2) is 69.7. The van der Waals surface area contributed by atoms with Gasteiger partial charge in [-0.2, -0.15) is 0 Å². The normalized spacial score (nSPS) is 21.5. The Morgan fingerprint density at radius 3 is 1.70 bits per heavy atom. The average Bonchev–Trinajstić information content (AvgIpc) is 0.855. The molecule has 18 atom stereocenters. The monoisotopic (exact) mass is 2020 g/mol. The third-order valence-corrected chi connectivity index (χ3v) is 25.8. The van der Waals surface area contributed by atoms with Gasteiger partial charge in [0.15, 0.2) is 41.8 Å². The topological polar surface area (TPSA) is 662 Å². The van der Waals surface area contributed by atoms with E-state index in [-0.39, 0.29) is 185 Å². The van der Waals surface area contributed by atoms with Crippen molar-refractivity contribution in [2.45, 2.75) is 326 Å². The van der Waals surface area contributed by atoms with Gasteiger partial charge in [-0.15, -0.1) is 0 Å². The molecule has 0 radical (unpaired) electrons. The van der Waals surface area contributed by atoms with Crippen LogP contribution in [0.15, 0.2) is 78.9 Å². The number of Topliss-reactive ketones (excluding diaryl/α,β-unsaturated/α-hetero) is 6. The third kappa shape index (κ3) is 47.0. The van der Waals surface area contributed by atoms with Gasteiger partial charge in [-0.25, -0.2) is 0 Å². The molecule has 144 heavy (non-hydrogen) atoms. The van der Waals surface area contributed by atoms with Crippen LogP contribution in [0.25, 0.3) is 11.1 Å². The number of hydrogen-bond acceptors (Lipinski definition) is 30. The Hall–Kier alpha value is -10.3. The predicted molar refractivity (Wildman–Crippen MR) is 539 cm³/mol. The zero-order valence-corrected chi connectivity index (χ0v) is 85.1. The van der Waals surface area contributed by atoms with Gasteiger partial charge in [0.05, 0.1) is 74.1 Å². The summed E-state index contributed by atoms with van der Waals surface area (Å²) in [6.07, 6.45) is -1.18. The van der Waals surface area contributed by atoms with E-state index >= 15 is 0 Å². The Labute approximate surface area is 846 Å². The van der Waals surface area contributed by atoms with Crippen LogP contribution in [0.3, 0.4) is 0 Å². The predicted octanol–water partition coefficient (Wildman–Crippen LogP) is 2.66. The number of aliphatic hydroxyl groups is 5. The lowest BCUT2D eigenvalue weighted by Crippen LogP contribution is -2.57. The molecule has 0 bridgehead atoms. The average molecular weight is 2030 g/mol. The van der Waals surface area contributed by atoms with E-state index in [0.29, 0.717) is 87.6 Å². The Morgan fingerprint density at radius 1 is 0.507 bits per heavy atom. The van der Waals surface area contributed by atoms with Crippen molar-refractivity contribution in [1.82, 2.24) is 53.2 Å². The van der Waals surface area contributed by atoms with Crippen molar-refractivity contribution in [3.05, 3.63) is 90.0 Å². The number of ether oxygens (including phenoxy) is 4. The van der Waals surface area contributed by atoms with Gasteiger partial charge in [0.25, 0.3) is 5.91 Å². The number of benzene rings is 3. The maximum Gasteiger partial charge on any atom is 0.258 e. The van der Waals surface area contributed by atoms with Gasteiger partial charge in [0, 0.05) is 107 Å². The molecule has 25 N–H and O–H groups in total. The summed E-state index contributed by atoms with van der Waals surface area (Å²) in [6, 6.07) is 15.1. The highest BCUT2D eigenvalue weighted by Gasteiger charge is 2.44. The fourth-order valence-corrected chi connectivity index (χ4v) is 17.2. The molecule has 0 aliphatic carbocycles. The fourth-order valence-electron chi connectivity index (χ4n) is 17.2. The number of rotatable bonds is 64. The second-order valence-electron chi connectivity index (χ2n) is 38.3. The summed E-state index contributed by atoms with van der Waals surface area (Å²) in [6.45, 7) is 9.82. The summed E-state index contributed by atoms with van der Waals surface area (Å²) >= 11 is 0. The minimum Gasteiger partial charge on any atom is -0.484 e. The number of aliphatic hydroxyl groups excluding tert-OH is 5. The van der Waals surface area contributed by atoms with Crippen LogP contribution in [0.2, 0.25) is 0 Å². The summed E-state index contributed by atoms with van der Waals surface area (Å²) in [7, 11) is 0. The van der Waals surface area contributed by atoms with Crippen LogP contribution in [0, 0.1) is 35.5 Å². The number of hydrogen-bond donors (Lipinski definition) is 20. The van der Waals surface area contributed by atoms with Gasteiger partial charge in [-0.3, -0.25) is 76.7 Å². The SMILES string of the molecule is CCCCCCCC[C@H](CC(=O)CCCCCNC(=O)CCCCCCC(=O)c1cccc(-c2ccc(OCC(=O)NCCOCCNC(=O)CCCOC3O[C@@H](C)[C@H](O)C(O)[C@@H]3O)cc2)c1)C(=O)N[C@@H](CCN)C(=O)C[C@H](C(=O)N[C@@H](CCN)C(=O)C[C@H]1CCNC(=O)[C@H]([C@@H](C)O)CC(=O)[C@H](CCN)NC(=O)[C@H](CCN)NC(=O)[C@H](CC(C)C)NC(=O)[C@@H](Cc2ccccc2)CC(=O)[C@H](CCN)NC1=O)[C@@H](C)O. The number of carbonyl (C=O) groups excluding carboxylic acids is 16. The molecule has 40 nitrogen and oxygen atoms in total. The minimum atomic E-state index is -1.54. The van der Waals surface area contributed by atoms with Crippen molar-refractivity contribution in [2.75, 3.05) is 85.3 Å². The van der Waals surface area contributed by atoms with Gasteiger partial charge >= 0.3 is 0 Å². The van der Waals surface area contributed by atoms with Gasteiger partial charge in [-0.05, 0) is 184 Å². The molecule has 2 unspecified atom stereocenters. The maximum atomic E-state index is 14.9. The third-order valence-electron chi connectivity index (χ3n) is 25.8. The molecule has 0 saturated carbocycles. The summed E-state index contributed by atoms with van der Waals surface area (Å²) in [5.41, 5.74) is 33.0. The van der Waals surface area contributed by atoms with Crippen LogP contribution >= 0.6 is 0 Å². The molecule has 2 aliphatic rings. The van der Waals surface area contributed by atoms with Crippen LogP contribution in [0.4, 0.5) is 0 Å². The molecule has 2 saturated heterocycles. The van der Waals surface area contributed by atoms with Crippen molar-refractivity contribution in [2.24, 2.45) is 64.2 Å². The lowest BCUT2D eigenvalue weighted by Gasteiger charge is -2.38. The molecule has 0 spiro atoms.